The number of nitro groups is 1. The van der Waals surface area contributed by atoms with Crippen molar-refractivity contribution in [1.29, 1.82) is 0 Å². The van der Waals surface area contributed by atoms with Crippen LogP contribution in [0.4, 0.5) is 28.7 Å². The van der Waals surface area contributed by atoms with Crippen LogP contribution in [0.3, 0.4) is 0 Å². The first-order valence-corrected chi connectivity index (χ1v) is 5.78. The fourth-order valence-electron chi connectivity index (χ4n) is 1.66. The Morgan fingerprint density at radius 2 is 2.10 bits per heavy atom. The normalized spacial score (nSPS) is 10.1. The Morgan fingerprint density at radius 1 is 1.35 bits per heavy atom. The fraction of sp³-hybridized carbons (Fsp3) is 0.167. The van der Waals surface area contributed by atoms with Gasteiger partial charge in [0.25, 0.3) is 0 Å². The average Bonchev–Trinajstić information content (AvgIpc) is 2.38. The van der Waals surface area contributed by atoms with Crippen molar-refractivity contribution >= 4 is 28.7 Å². The fourth-order valence-corrected chi connectivity index (χ4v) is 1.66. The standard InChI is InChI=1S/C12H14N6O2/c1-17(2)9-5-3-4-8(6-9)16-12-10(18(19)20)11(13)14-7-15-12/h3-7H,1-2H3,(H3,13,14,15,16). The first-order valence-electron chi connectivity index (χ1n) is 5.78. The SMILES string of the molecule is CN(C)c1cccc(Nc2ncnc(N)c2[N+](=O)[O-])c1. The predicted molar refractivity (Wildman–Crippen MR) is 77.2 cm³/mol. The molecule has 8 heteroatoms. The van der Waals surface area contributed by atoms with Crippen LogP contribution in [0.5, 0.6) is 0 Å². The van der Waals surface area contributed by atoms with Gasteiger partial charge in [-0.15, -0.1) is 0 Å². The van der Waals surface area contributed by atoms with Gasteiger partial charge in [-0.2, -0.15) is 0 Å². The average molecular weight is 274 g/mol. The Balaban J connectivity index is 2.38. The number of hydrogen-bond donors (Lipinski definition) is 2. The second-order valence-electron chi connectivity index (χ2n) is 4.28. The van der Waals surface area contributed by atoms with Crippen LogP contribution in [0, 0.1) is 10.1 Å². The molecule has 20 heavy (non-hydrogen) atoms. The van der Waals surface area contributed by atoms with E-state index in [-0.39, 0.29) is 17.3 Å². The number of anilines is 4. The van der Waals surface area contributed by atoms with Crippen LogP contribution in [0.1, 0.15) is 0 Å². The second-order valence-corrected chi connectivity index (χ2v) is 4.28. The summed E-state index contributed by atoms with van der Waals surface area (Å²) in [7, 11) is 3.81. The van der Waals surface area contributed by atoms with Crippen LogP contribution in [0.15, 0.2) is 30.6 Å². The zero-order valence-corrected chi connectivity index (χ0v) is 11.1. The summed E-state index contributed by atoms with van der Waals surface area (Å²) < 4.78 is 0. The van der Waals surface area contributed by atoms with Crippen molar-refractivity contribution in [2.75, 3.05) is 30.0 Å². The van der Waals surface area contributed by atoms with E-state index in [0.29, 0.717) is 5.69 Å². The van der Waals surface area contributed by atoms with E-state index in [9.17, 15) is 10.1 Å². The number of nitrogens with zero attached hydrogens (tertiary/aromatic N) is 4. The van der Waals surface area contributed by atoms with Gasteiger partial charge in [0.15, 0.2) is 0 Å². The minimum absolute atomic E-state index is 0.0680. The molecule has 0 atom stereocenters. The maximum Gasteiger partial charge on any atom is 0.353 e. The van der Waals surface area contributed by atoms with E-state index in [1.165, 1.54) is 6.33 Å². The Morgan fingerprint density at radius 3 is 2.75 bits per heavy atom. The highest BCUT2D eigenvalue weighted by molar-refractivity contribution is 5.73. The van der Waals surface area contributed by atoms with Gasteiger partial charge in [-0.1, -0.05) is 6.07 Å². The number of rotatable bonds is 4. The number of nitrogens with two attached hydrogens (primary N) is 1. The van der Waals surface area contributed by atoms with Crippen molar-refractivity contribution in [3.05, 3.63) is 40.7 Å². The lowest BCUT2D eigenvalue weighted by Crippen LogP contribution is -2.09. The van der Waals surface area contributed by atoms with Crippen molar-refractivity contribution in [2.45, 2.75) is 0 Å². The van der Waals surface area contributed by atoms with E-state index < -0.39 is 4.92 Å². The molecule has 0 amide bonds. The van der Waals surface area contributed by atoms with Gasteiger partial charge in [-0.05, 0) is 18.2 Å². The third-order valence-corrected chi connectivity index (χ3v) is 2.66. The van der Waals surface area contributed by atoms with Crippen LogP contribution in [0.25, 0.3) is 0 Å². The van der Waals surface area contributed by atoms with Gasteiger partial charge in [-0.25, -0.2) is 9.97 Å². The third-order valence-electron chi connectivity index (χ3n) is 2.66. The molecule has 2 rings (SSSR count). The molecular weight excluding hydrogens is 260 g/mol. The molecule has 1 aromatic heterocycles. The lowest BCUT2D eigenvalue weighted by Gasteiger charge is -2.14. The predicted octanol–water partition coefficient (Wildman–Crippen LogP) is 1.78. The molecule has 0 spiro atoms. The molecule has 1 aromatic carbocycles. The highest BCUT2D eigenvalue weighted by atomic mass is 16.6. The first kappa shape index (κ1) is 13.5. The molecule has 1 heterocycles. The highest BCUT2D eigenvalue weighted by Gasteiger charge is 2.20. The zero-order valence-electron chi connectivity index (χ0n) is 11.1. The van der Waals surface area contributed by atoms with E-state index in [1.807, 2.05) is 37.2 Å². The molecule has 0 aliphatic rings. The number of hydrogen-bond acceptors (Lipinski definition) is 7. The number of benzene rings is 1. The summed E-state index contributed by atoms with van der Waals surface area (Å²) in [5, 5.41) is 13.9. The molecule has 0 saturated heterocycles. The molecule has 3 N–H and O–H groups in total. The van der Waals surface area contributed by atoms with Crippen molar-refractivity contribution < 1.29 is 4.92 Å². The summed E-state index contributed by atoms with van der Waals surface area (Å²) in [5.74, 6) is -0.102. The Labute approximate surface area is 115 Å². The molecule has 0 aliphatic carbocycles. The van der Waals surface area contributed by atoms with E-state index >= 15 is 0 Å². The molecule has 0 saturated carbocycles. The zero-order chi connectivity index (χ0) is 14.7. The number of nitrogens with one attached hydrogen (secondary N) is 1. The minimum atomic E-state index is -0.604. The van der Waals surface area contributed by atoms with Gasteiger partial charge < -0.3 is 16.0 Å². The quantitative estimate of drug-likeness (QED) is 0.645. The van der Waals surface area contributed by atoms with Gasteiger partial charge in [0.05, 0.1) is 4.92 Å². The first-order chi connectivity index (χ1) is 9.49. The molecule has 2 aromatic rings. The topological polar surface area (TPSA) is 110 Å². The molecule has 0 fully saturated rings. The summed E-state index contributed by atoms with van der Waals surface area (Å²) in [4.78, 5) is 19.8. The summed E-state index contributed by atoms with van der Waals surface area (Å²) in [6.07, 6.45) is 1.18. The molecule has 0 unspecified atom stereocenters. The monoisotopic (exact) mass is 274 g/mol. The maximum atomic E-state index is 11.0. The lowest BCUT2D eigenvalue weighted by atomic mass is 10.2. The van der Waals surface area contributed by atoms with Gasteiger partial charge in [0.2, 0.25) is 11.6 Å². The summed E-state index contributed by atoms with van der Waals surface area (Å²) in [6, 6.07) is 7.40. The summed E-state index contributed by atoms with van der Waals surface area (Å²) in [5.41, 5.74) is 6.82. The van der Waals surface area contributed by atoms with Crippen LogP contribution >= 0.6 is 0 Å². The van der Waals surface area contributed by atoms with Gasteiger partial charge in [-0.3, -0.25) is 10.1 Å². The number of aromatic nitrogens is 2. The highest BCUT2D eigenvalue weighted by Crippen LogP contribution is 2.29. The van der Waals surface area contributed by atoms with Crippen LogP contribution in [-0.4, -0.2) is 29.0 Å². The maximum absolute atomic E-state index is 11.0. The van der Waals surface area contributed by atoms with E-state index in [0.717, 1.165) is 5.69 Å². The van der Waals surface area contributed by atoms with Crippen molar-refractivity contribution in [3.8, 4) is 0 Å². The lowest BCUT2D eigenvalue weighted by molar-refractivity contribution is -0.383. The Hall–Kier alpha value is -2.90. The Bertz CT molecular complexity index is 644. The number of nitrogen functional groups attached to an aromatic ring is 1. The molecule has 0 radical (unpaired) electrons. The molecular formula is C12H14N6O2. The van der Waals surface area contributed by atoms with Crippen LogP contribution in [-0.2, 0) is 0 Å². The molecule has 0 bridgehead atoms. The van der Waals surface area contributed by atoms with Gasteiger partial charge >= 0.3 is 5.69 Å². The molecule has 0 aliphatic heterocycles. The van der Waals surface area contributed by atoms with Crippen molar-refractivity contribution in [1.82, 2.24) is 9.97 Å². The van der Waals surface area contributed by atoms with Gasteiger partial charge in [0, 0.05) is 25.5 Å². The van der Waals surface area contributed by atoms with Crippen LogP contribution in [0.2, 0.25) is 0 Å². The van der Waals surface area contributed by atoms with E-state index in [1.54, 1.807) is 6.07 Å². The summed E-state index contributed by atoms with van der Waals surface area (Å²) >= 11 is 0. The smallest absolute Gasteiger partial charge is 0.353 e. The van der Waals surface area contributed by atoms with E-state index in [4.69, 9.17) is 5.73 Å². The Kier molecular flexibility index (Phi) is 3.65. The van der Waals surface area contributed by atoms with Crippen molar-refractivity contribution in [2.24, 2.45) is 0 Å². The molecule has 8 nitrogen and oxygen atoms in total. The summed E-state index contributed by atoms with van der Waals surface area (Å²) in [6.45, 7) is 0. The largest absolute Gasteiger partial charge is 0.378 e. The van der Waals surface area contributed by atoms with Crippen LogP contribution < -0.4 is 16.0 Å². The molecule has 104 valence electrons. The van der Waals surface area contributed by atoms with Gasteiger partial charge in [0.1, 0.15) is 6.33 Å². The minimum Gasteiger partial charge on any atom is -0.378 e. The third kappa shape index (κ3) is 2.74. The van der Waals surface area contributed by atoms with E-state index in [2.05, 4.69) is 15.3 Å². The second kappa shape index (κ2) is 5.39. The van der Waals surface area contributed by atoms with Crippen molar-refractivity contribution in [3.63, 3.8) is 0 Å².